The quantitative estimate of drug-likeness (QED) is 0.185. The highest BCUT2D eigenvalue weighted by molar-refractivity contribution is 7.12. The number of terminal acetylenes is 1. The second kappa shape index (κ2) is 20.6. The van der Waals surface area contributed by atoms with Gasteiger partial charge in [0, 0.05) is 17.1 Å². The Morgan fingerprint density at radius 3 is 2.20 bits per heavy atom. The fourth-order valence-electron chi connectivity index (χ4n) is 3.46. The molecule has 3 aromatic rings. The Morgan fingerprint density at radius 2 is 1.70 bits per heavy atom. The van der Waals surface area contributed by atoms with E-state index in [1.807, 2.05) is 45.0 Å². The van der Waals surface area contributed by atoms with Crippen molar-refractivity contribution >= 4 is 11.3 Å². The third-order valence-electron chi connectivity index (χ3n) is 5.94. The lowest BCUT2D eigenvalue weighted by Gasteiger charge is -2.17. The topological polar surface area (TPSA) is 21.3 Å². The number of halogens is 1. The Kier molecular flexibility index (Phi) is 18.9. The Balaban J connectivity index is 0.00000106. The van der Waals surface area contributed by atoms with Gasteiger partial charge in [0.2, 0.25) is 0 Å². The van der Waals surface area contributed by atoms with Crippen LogP contribution >= 0.6 is 11.3 Å². The summed E-state index contributed by atoms with van der Waals surface area (Å²) in [6, 6.07) is 19.6. The van der Waals surface area contributed by atoms with E-state index in [-0.39, 0.29) is 0 Å². The van der Waals surface area contributed by atoms with Crippen molar-refractivity contribution in [3.63, 3.8) is 0 Å². The van der Waals surface area contributed by atoms with Gasteiger partial charge in [0.25, 0.3) is 0 Å². The first-order valence-corrected chi connectivity index (χ1v) is 14.9. The van der Waals surface area contributed by atoms with Crippen molar-refractivity contribution in [3.8, 4) is 18.1 Å². The van der Waals surface area contributed by atoms with Crippen LogP contribution in [0.25, 0.3) is 0 Å². The monoisotopic (exact) mass is 563 g/mol. The van der Waals surface area contributed by atoms with Crippen molar-refractivity contribution < 1.29 is 9.13 Å². The summed E-state index contributed by atoms with van der Waals surface area (Å²) in [7, 11) is 0. The molecule has 0 amide bonds. The Labute approximate surface area is 248 Å². The number of alkyl halides is 1. The van der Waals surface area contributed by atoms with Crippen molar-refractivity contribution in [1.29, 1.82) is 0 Å². The van der Waals surface area contributed by atoms with Crippen LogP contribution < -0.4 is 10.1 Å². The summed E-state index contributed by atoms with van der Waals surface area (Å²) in [5.41, 5.74) is 2.67. The molecule has 0 saturated carbocycles. The Bertz CT molecular complexity index is 1130. The molecule has 1 unspecified atom stereocenters. The highest BCUT2D eigenvalue weighted by Gasteiger charge is 2.18. The molecular formula is C36H50FNOS. The van der Waals surface area contributed by atoms with Crippen molar-refractivity contribution in [3.05, 3.63) is 113 Å². The largest absolute Gasteiger partial charge is 0.489 e. The molecule has 218 valence electrons. The highest BCUT2D eigenvalue weighted by atomic mass is 32.1. The maximum atomic E-state index is 14.1. The molecular weight excluding hydrogens is 513 g/mol. The fourth-order valence-corrected chi connectivity index (χ4v) is 4.14. The van der Waals surface area contributed by atoms with Crippen LogP contribution in [0.5, 0.6) is 5.75 Å². The summed E-state index contributed by atoms with van der Waals surface area (Å²) in [5.74, 6) is 3.75. The SMILES string of the molecule is C#Cc1ccc(C)s1.C=C.C=C(NCc1ccc(COc2cccc(C(C)(C)F)c2)cc1)C(C)CCCC.CC. The summed E-state index contributed by atoms with van der Waals surface area (Å²) in [5, 5.41) is 3.44. The molecule has 0 radical (unpaired) electrons. The summed E-state index contributed by atoms with van der Waals surface area (Å²) >= 11 is 1.65. The van der Waals surface area contributed by atoms with Gasteiger partial charge in [-0.05, 0) is 74.1 Å². The Morgan fingerprint density at radius 1 is 1.07 bits per heavy atom. The average molecular weight is 564 g/mol. The fraction of sp³-hybridized carbons (Fsp3) is 0.389. The lowest BCUT2D eigenvalue weighted by Crippen LogP contribution is -2.17. The number of nitrogens with one attached hydrogen (secondary N) is 1. The first-order valence-electron chi connectivity index (χ1n) is 14.1. The van der Waals surface area contributed by atoms with Crippen molar-refractivity contribution in [2.45, 2.75) is 86.5 Å². The van der Waals surface area contributed by atoms with E-state index < -0.39 is 5.67 Å². The minimum atomic E-state index is -1.37. The third kappa shape index (κ3) is 14.8. The van der Waals surface area contributed by atoms with Gasteiger partial charge in [-0.2, -0.15) is 0 Å². The molecule has 1 aromatic heterocycles. The second-order valence-corrected chi connectivity index (χ2v) is 10.9. The Hall–Kier alpha value is -3.29. The van der Waals surface area contributed by atoms with Crippen LogP contribution in [0.2, 0.25) is 0 Å². The van der Waals surface area contributed by atoms with E-state index in [0.29, 0.717) is 23.8 Å². The number of thiophene rings is 1. The van der Waals surface area contributed by atoms with E-state index >= 15 is 0 Å². The molecule has 0 spiro atoms. The van der Waals surface area contributed by atoms with Gasteiger partial charge in [-0.3, -0.25) is 0 Å². The van der Waals surface area contributed by atoms with Crippen LogP contribution in [0.15, 0.2) is 86.1 Å². The first kappa shape index (κ1) is 36.7. The molecule has 0 saturated heterocycles. The summed E-state index contributed by atoms with van der Waals surface area (Å²) in [6.45, 7) is 25.0. The molecule has 4 heteroatoms. The predicted octanol–water partition coefficient (Wildman–Crippen LogP) is 10.8. The van der Waals surface area contributed by atoms with E-state index in [2.05, 4.69) is 69.1 Å². The van der Waals surface area contributed by atoms with E-state index in [9.17, 15) is 4.39 Å². The molecule has 1 N–H and O–H groups in total. The van der Waals surface area contributed by atoms with Crippen molar-refractivity contribution in [2.75, 3.05) is 0 Å². The molecule has 0 bridgehead atoms. The van der Waals surface area contributed by atoms with Crippen LogP contribution in [0.4, 0.5) is 4.39 Å². The van der Waals surface area contributed by atoms with Gasteiger partial charge >= 0.3 is 0 Å². The van der Waals surface area contributed by atoms with Gasteiger partial charge in [0.05, 0.1) is 4.88 Å². The summed E-state index contributed by atoms with van der Waals surface area (Å²) in [4.78, 5) is 2.29. The highest BCUT2D eigenvalue weighted by Crippen LogP contribution is 2.27. The maximum absolute atomic E-state index is 14.1. The van der Waals surface area contributed by atoms with Crippen LogP contribution in [-0.2, 0) is 18.8 Å². The normalized spacial score (nSPS) is 10.7. The molecule has 0 aliphatic rings. The van der Waals surface area contributed by atoms with E-state index in [1.54, 1.807) is 37.3 Å². The lowest BCUT2D eigenvalue weighted by atomic mass is 10.0. The smallest absolute Gasteiger partial charge is 0.130 e. The van der Waals surface area contributed by atoms with Gasteiger partial charge in [-0.25, -0.2) is 4.39 Å². The molecule has 40 heavy (non-hydrogen) atoms. The van der Waals surface area contributed by atoms with E-state index in [1.165, 1.54) is 29.7 Å². The van der Waals surface area contributed by atoms with Crippen molar-refractivity contribution in [2.24, 2.45) is 5.92 Å². The van der Waals surface area contributed by atoms with Gasteiger partial charge in [-0.1, -0.05) is 89.4 Å². The summed E-state index contributed by atoms with van der Waals surface area (Å²) < 4.78 is 19.9. The minimum absolute atomic E-state index is 0.463. The van der Waals surface area contributed by atoms with Crippen molar-refractivity contribution in [1.82, 2.24) is 5.32 Å². The zero-order valence-corrected chi connectivity index (χ0v) is 26.6. The summed E-state index contributed by atoms with van der Waals surface area (Å²) in [6.07, 6.45) is 8.76. The zero-order chi connectivity index (χ0) is 30.6. The molecule has 2 aromatic carbocycles. The van der Waals surface area contributed by atoms with Crippen LogP contribution in [0.3, 0.4) is 0 Å². The number of hydrogen-bond donors (Lipinski definition) is 1. The number of rotatable bonds is 11. The van der Waals surface area contributed by atoms with E-state index in [4.69, 9.17) is 11.2 Å². The van der Waals surface area contributed by atoms with Gasteiger partial charge in [0.15, 0.2) is 0 Å². The molecule has 0 aliphatic heterocycles. The number of hydrogen-bond acceptors (Lipinski definition) is 3. The van der Waals surface area contributed by atoms with Crippen LogP contribution in [0.1, 0.15) is 87.2 Å². The molecule has 0 fully saturated rings. The molecule has 0 aliphatic carbocycles. The number of ether oxygens (including phenoxy) is 1. The first-order chi connectivity index (χ1) is 19.1. The molecule has 2 nitrogen and oxygen atoms in total. The lowest BCUT2D eigenvalue weighted by molar-refractivity contribution is 0.220. The number of benzene rings is 2. The number of unbranched alkanes of at least 4 members (excludes halogenated alkanes) is 1. The van der Waals surface area contributed by atoms with Crippen LogP contribution in [0, 0.1) is 25.2 Å². The average Bonchev–Trinajstić information content (AvgIpc) is 3.41. The number of aryl methyl sites for hydroxylation is 1. The van der Waals surface area contributed by atoms with Crippen LogP contribution in [-0.4, -0.2) is 0 Å². The number of allylic oxidation sites excluding steroid dienone is 1. The molecule has 3 rings (SSSR count). The standard InChI is InChI=1S/C25H34FNO.C7H6S.C2H6.C2H4/c1-6-7-9-19(2)20(3)27-17-21-12-14-22(15-13-21)18-28-24-11-8-10-23(16-24)25(4,5)26;1-3-7-5-4-6(2)8-7;2*1-2/h8,10-16,19,27H,3,6-7,9,17-18H2,1-2,4-5H3;1,4-5H,2H3;1-2H3;1-2H2. The van der Waals surface area contributed by atoms with Gasteiger partial charge in [0.1, 0.15) is 18.0 Å². The zero-order valence-electron chi connectivity index (χ0n) is 25.8. The second-order valence-electron chi connectivity index (χ2n) is 9.58. The van der Waals surface area contributed by atoms with Gasteiger partial charge in [-0.15, -0.1) is 30.9 Å². The molecule has 1 heterocycles. The van der Waals surface area contributed by atoms with Gasteiger partial charge < -0.3 is 10.1 Å². The third-order valence-corrected chi connectivity index (χ3v) is 6.87. The minimum Gasteiger partial charge on any atom is -0.489 e. The maximum Gasteiger partial charge on any atom is 0.130 e. The predicted molar refractivity (Wildman–Crippen MR) is 176 cm³/mol. The molecule has 1 atom stereocenters. The van der Waals surface area contributed by atoms with E-state index in [0.717, 1.165) is 22.7 Å².